The third-order valence-electron chi connectivity index (χ3n) is 2.46. The molecule has 1 heterocycles. The van der Waals surface area contributed by atoms with Crippen molar-refractivity contribution >= 4 is 17.9 Å². The molecule has 2 aromatic rings. The summed E-state index contributed by atoms with van der Waals surface area (Å²) in [5.74, 6) is 0.635. The molecule has 0 aliphatic heterocycles. The van der Waals surface area contributed by atoms with Crippen LogP contribution in [-0.4, -0.2) is 6.29 Å². The summed E-state index contributed by atoms with van der Waals surface area (Å²) in [7, 11) is 0. The molecule has 0 fully saturated rings. The standard InChI is InChI=1S/C13H11ClO2/c14-12-5-3-10(4-6-12)11(9-15)8-13-2-1-7-16-13/h1-7,9,11H,8H2. The normalized spacial score (nSPS) is 12.3. The fourth-order valence-corrected chi connectivity index (χ4v) is 1.73. The second kappa shape index (κ2) is 4.99. The highest BCUT2D eigenvalue weighted by molar-refractivity contribution is 6.30. The van der Waals surface area contributed by atoms with E-state index in [0.29, 0.717) is 11.4 Å². The molecular formula is C13H11ClO2. The predicted molar refractivity (Wildman–Crippen MR) is 62.7 cm³/mol. The van der Waals surface area contributed by atoms with Crippen LogP contribution in [0.2, 0.25) is 5.02 Å². The lowest BCUT2D eigenvalue weighted by molar-refractivity contribution is -0.109. The van der Waals surface area contributed by atoms with Gasteiger partial charge in [0.05, 0.1) is 6.26 Å². The van der Waals surface area contributed by atoms with Crippen molar-refractivity contribution in [2.45, 2.75) is 12.3 Å². The van der Waals surface area contributed by atoms with E-state index in [1.165, 1.54) is 0 Å². The molecule has 0 aliphatic carbocycles. The first-order valence-corrected chi connectivity index (χ1v) is 5.40. The van der Waals surface area contributed by atoms with Crippen LogP contribution in [-0.2, 0) is 11.2 Å². The van der Waals surface area contributed by atoms with Gasteiger partial charge in [-0.2, -0.15) is 0 Å². The first-order chi connectivity index (χ1) is 7.79. The Hall–Kier alpha value is -1.54. The van der Waals surface area contributed by atoms with Crippen LogP contribution in [0.3, 0.4) is 0 Å². The van der Waals surface area contributed by atoms with Crippen LogP contribution >= 0.6 is 11.6 Å². The van der Waals surface area contributed by atoms with Gasteiger partial charge in [-0.25, -0.2) is 0 Å². The van der Waals surface area contributed by atoms with Crippen molar-refractivity contribution in [3.63, 3.8) is 0 Å². The molecule has 2 nitrogen and oxygen atoms in total. The van der Waals surface area contributed by atoms with Crippen LogP contribution in [0.15, 0.2) is 47.1 Å². The molecule has 0 saturated heterocycles. The van der Waals surface area contributed by atoms with E-state index in [9.17, 15) is 4.79 Å². The van der Waals surface area contributed by atoms with Gasteiger partial charge in [-0.3, -0.25) is 0 Å². The Bertz CT molecular complexity index is 445. The van der Waals surface area contributed by atoms with Crippen molar-refractivity contribution in [2.24, 2.45) is 0 Å². The summed E-state index contributed by atoms with van der Waals surface area (Å²) in [4.78, 5) is 11.0. The van der Waals surface area contributed by atoms with Crippen LogP contribution in [0.1, 0.15) is 17.2 Å². The number of carbonyl (C=O) groups excluding carboxylic acids is 1. The molecule has 0 radical (unpaired) electrons. The van der Waals surface area contributed by atoms with Gasteiger partial charge >= 0.3 is 0 Å². The van der Waals surface area contributed by atoms with Crippen molar-refractivity contribution in [3.8, 4) is 0 Å². The Morgan fingerprint density at radius 1 is 1.25 bits per heavy atom. The molecule has 16 heavy (non-hydrogen) atoms. The molecule has 0 aliphatic rings. The molecule has 2 rings (SSSR count). The summed E-state index contributed by atoms with van der Waals surface area (Å²) in [6.45, 7) is 0. The summed E-state index contributed by atoms with van der Waals surface area (Å²) in [5, 5.41) is 0.673. The van der Waals surface area contributed by atoms with Crippen molar-refractivity contribution in [1.29, 1.82) is 0 Å². The fourth-order valence-electron chi connectivity index (χ4n) is 1.60. The summed E-state index contributed by atoms with van der Waals surface area (Å²) < 4.78 is 5.23. The van der Waals surface area contributed by atoms with Gasteiger partial charge in [0.2, 0.25) is 0 Å². The van der Waals surface area contributed by atoms with Crippen molar-refractivity contribution in [1.82, 2.24) is 0 Å². The molecule has 0 saturated carbocycles. The highest BCUT2D eigenvalue weighted by Gasteiger charge is 2.12. The van der Waals surface area contributed by atoms with Gasteiger partial charge in [-0.05, 0) is 29.8 Å². The molecule has 1 aromatic carbocycles. The van der Waals surface area contributed by atoms with Crippen molar-refractivity contribution in [2.75, 3.05) is 0 Å². The minimum atomic E-state index is -0.177. The number of rotatable bonds is 4. The Labute approximate surface area is 98.8 Å². The maximum absolute atomic E-state index is 11.0. The summed E-state index contributed by atoms with van der Waals surface area (Å²) in [6, 6.07) is 11.0. The van der Waals surface area contributed by atoms with E-state index in [-0.39, 0.29) is 5.92 Å². The van der Waals surface area contributed by atoms with Crippen LogP contribution in [0.25, 0.3) is 0 Å². The second-order valence-electron chi connectivity index (χ2n) is 3.58. The van der Waals surface area contributed by atoms with Gasteiger partial charge < -0.3 is 9.21 Å². The van der Waals surface area contributed by atoms with Gasteiger partial charge in [-0.15, -0.1) is 0 Å². The monoisotopic (exact) mass is 234 g/mol. The van der Waals surface area contributed by atoms with E-state index in [4.69, 9.17) is 16.0 Å². The lowest BCUT2D eigenvalue weighted by atomic mass is 9.96. The number of benzene rings is 1. The zero-order valence-corrected chi connectivity index (χ0v) is 9.35. The summed E-state index contributed by atoms with van der Waals surface area (Å²) in [6.07, 6.45) is 3.13. The average molecular weight is 235 g/mol. The smallest absolute Gasteiger partial charge is 0.127 e. The SMILES string of the molecule is O=CC(Cc1ccco1)c1ccc(Cl)cc1. The Kier molecular flexibility index (Phi) is 3.42. The number of furan rings is 1. The van der Waals surface area contributed by atoms with Crippen LogP contribution in [0.4, 0.5) is 0 Å². The van der Waals surface area contributed by atoms with E-state index >= 15 is 0 Å². The maximum Gasteiger partial charge on any atom is 0.127 e. The number of halogens is 1. The van der Waals surface area contributed by atoms with Crippen molar-refractivity contribution < 1.29 is 9.21 Å². The third-order valence-corrected chi connectivity index (χ3v) is 2.72. The molecular weight excluding hydrogens is 224 g/mol. The zero-order chi connectivity index (χ0) is 11.4. The quantitative estimate of drug-likeness (QED) is 0.759. The third kappa shape index (κ3) is 2.52. The lowest BCUT2D eigenvalue weighted by Gasteiger charge is -2.08. The number of carbonyl (C=O) groups is 1. The lowest BCUT2D eigenvalue weighted by Crippen LogP contribution is -2.03. The summed E-state index contributed by atoms with van der Waals surface area (Å²) in [5.41, 5.74) is 0.954. The number of hydrogen-bond acceptors (Lipinski definition) is 2. The molecule has 3 heteroatoms. The van der Waals surface area contributed by atoms with Gasteiger partial charge in [0.15, 0.2) is 0 Å². The first-order valence-electron chi connectivity index (χ1n) is 5.03. The fraction of sp³-hybridized carbons (Fsp3) is 0.154. The largest absolute Gasteiger partial charge is 0.469 e. The zero-order valence-electron chi connectivity index (χ0n) is 8.60. The molecule has 0 N–H and O–H groups in total. The Morgan fingerprint density at radius 3 is 2.56 bits per heavy atom. The van der Waals surface area contributed by atoms with E-state index in [1.54, 1.807) is 18.4 Å². The predicted octanol–water partition coefficient (Wildman–Crippen LogP) is 3.46. The van der Waals surface area contributed by atoms with Gasteiger partial charge in [0.25, 0.3) is 0 Å². The topological polar surface area (TPSA) is 30.2 Å². The highest BCUT2D eigenvalue weighted by atomic mass is 35.5. The minimum Gasteiger partial charge on any atom is -0.469 e. The van der Waals surface area contributed by atoms with E-state index < -0.39 is 0 Å². The van der Waals surface area contributed by atoms with Crippen LogP contribution in [0.5, 0.6) is 0 Å². The Balaban J connectivity index is 2.16. The first kappa shape index (κ1) is 11.0. The molecule has 0 spiro atoms. The average Bonchev–Trinajstić information content (AvgIpc) is 2.80. The van der Waals surface area contributed by atoms with E-state index in [2.05, 4.69) is 0 Å². The summed E-state index contributed by atoms with van der Waals surface area (Å²) >= 11 is 5.80. The van der Waals surface area contributed by atoms with Gasteiger partial charge in [0.1, 0.15) is 12.0 Å². The molecule has 82 valence electrons. The highest BCUT2D eigenvalue weighted by Crippen LogP contribution is 2.21. The van der Waals surface area contributed by atoms with Gasteiger partial charge in [0, 0.05) is 17.4 Å². The molecule has 1 atom stereocenters. The molecule has 1 aromatic heterocycles. The second-order valence-corrected chi connectivity index (χ2v) is 4.01. The molecule has 0 bridgehead atoms. The number of aldehydes is 1. The maximum atomic E-state index is 11.0. The number of hydrogen-bond donors (Lipinski definition) is 0. The van der Waals surface area contributed by atoms with Crippen LogP contribution < -0.4 is 0 Å². The minimum absolute atomic E-state index is 0.177. The molecule has 1 unspecified atom stereocenters. The Morgan fingerprint density at radius 2 is 2.00 bits per heavy atom. The molecule has 0 amide bonds. The van der Waals surface area contributed by atoms with E-state index in [1.807, 2.05) is 24.3 Å². The van der Waals surface area contributed by atoms with Crippen LogP contribution in [0, 0.1) is 0 Å². The van der Waals surface area contributed by atoms with E-state index in [0.717, 1.165) is 17.6 Å². The van der Waals surface area contributed by atoms with Gasteiger partial charge in [-0.1, -0.05) is 23.7 Å². The van der Waals surface area contributed by atoms with Crippen molar-refractivity contribution in [3.05, 3.63) is 59.0 Å².